The van der Waals surface area contributed by atoms with E-state index in [0.29, 0.717) is 21.6 Å². The van der Waals surface area contributed by atoms with Crippen molar-refractivity contribution in [1.82, 2.24) is 19.9 Å². The highest BCUT2D eigenvalue weighted by molar-refractivity contribution is 6.31. The van der Waals surface area contributed by atoms with Gasteiger partial charge in [-0.1, -0.05) is 32.4 Å². The van der Waals surface area contributed by atoms with Crippen molar-refractivity contribution in [2.24, 2.45) is 5.41 Å². The van der Waals surface area contributed by atoms with Gasteiger partial charge >= 0.3 is 5.97 Å². The maximum absolute atomic E-state index is 14.3. The topological polar surface area (TPSA) is 104 Å². The van der Waals surface area contributed by atoms with E-state index < -0.39 is 23.2 Å². The first kappa shape index (κ1) is 19.0. The number of carboxylic acids is 1. The molecule has 1 atom stereocenters. The molecule has 3 rings (SSSR count). The Labute approximate surface area is 160 Å². The van der Waals surface area contributed by atoms with Gasteiger partial charge in [-0.2, -0.15) is 0 Å². The zero-order valence-corrected chi connectivity index (χ0v) is 15.8. The van der Waals surface area contributed by atoms with Crippen LogP contribution in [0.2, 0.25) is 5.02 Å². The fourth-order valence-electron chi connectivity index (χ4n) is 2.67. The predicted molar refractivity (Wildman–Crippen MR) is 101 cm³/mol. The lowest BCUT2D eigenvalue weighted by atomic mass is 9.85. The molecule has 0 fully saturated rings. The van der Waals surface area contributed by atoms with Crippen molar-refractivity contribution in [3.63, 3.8) is 0 Å². The van der Waals surface area contributed by atoms with Gasteiger partial charge in [0.2, 0.25) is 0 Å². The number of fused-ring (bicyclic) bond motifs is 1. The molecule has 7 nitrogen and oxygen atoms in total. The Morgan fingerprint density at radius 1 is 1.37 bits per heavy atom. The molecule has 3 heterocycles. The third-order valence-corrected chi connectivity index (χ3v) is 4.42. The van der Waals surface area contributed by atoms with E-state index in [-0.39, 0.29) is 18.1 Å². The molecule has 0 unspecified atom stereocenters. The number of carboxylic acid groups (broad SMARTS) is 1. The Morgan fingerprint density at radius 2 is 2.11 bits per heavy atom. The summed E-state index contributed by atoms with van der Waals surface area (Å²) < 4.78 is 14.3. The minimum absolute atomic E-state index is 0.0505. The number of anilines is 1. The minimum Gasteiger partial charge on any atom is -0.481 e. The van der Waals surface area contributed by atoms with E-state index in [1.807, 2.05) is 20.8 Å². The molecule has 3 aromatic rings. The summed E-state index contributed by atoms with van der Waals surface area (Å²) in [6.07, 6.45) is 4.07. The zero-order chi connectivity index (χ0) is 19.8. The summed E-state index contributed by atoms with van der Waals surface area (Å²) >= 11 is 6.01. The second kappa shape index (κ2) is 7.11. The first-order valence-corrected chi connectivity index (χ1v) is 8.67. The molecule has 27 heavy (non-hydrogen) atoms. The van der Waals surface area contributed by atoms with Gasteiger partial charge in [0.05, 0.1) is 17.6 Å². The van der Waals surface area contributed by atoms with Gasteiger partial charge in [-0.3, -0.25) is 4.79 Å². The molecule has 0 radical (unpaired) electrons. The summed E-state index contributed by atoms with van der Waals surface area (Å²) in [5.41, 5.74) is 0.803. The second-order valence-electron chi connectivity index (χ2n) is 7.30. The van der Waals surface area contributed by atoms with Crippen LogP contribution in [0.4, 0.5) is 10.2 Å². The van der Waals surface area contributed by atoms with E-state index in [9.17, 15) is 9.18 Å². The van der Waals surface area contributed by atoms with E-state index in [4.69, 9.17) is 16.7 Å². The molecule has 0 saturated heterocycles. The number of rotatable bonds is 5. The molecule has 0 saturated carbocycles. The molecule has 0 aliphatic heterocycles. The fraction of sp³-hybridized carbons (Fsp3) is 0.333. The lowest BCUT2D eigenvalue weighted by Gasteiger charge is -2.30. The van der Waals surface area contributed by atoms with Crippen LogP contribution in [0.25, 0.3) is 22.4 Å². The second-order valence-corrected chi connectivity index (χ2v) is 7.74. The average Bonchev–Trinajstić information content (AvgIpc) is 2.98. The Bertz CT molecular complexity index is 999. The first-order valence-electron chi connectivity index (χ1n) is 8.29. The molecule has 0 aromatic carbocycles. The summed E-state index contributed by atoms with van der Waals surface area (Å²) in [7, 11) is 0. The van der Waals surface area contributed by atoms with Crippen molar-refractivity contribution in [3.05, 3.63) is 35.5 Å². The van der Waals surface area contributed by atoms with Gasteiger partial charge in [0.1, 0.15) is 5.65 Å². The Hall–Kier alpha value is -2.74. The molecular weight excluding hydrogens is 373 g/mol. The Balaban J connectivity index is 2.01. The van der Waals surface area contributed by atoms with Crippen molar-refractivity contribution in [2.75, 3.05) is 5.32 Å². The quantitative estimate of drug-likeness (QED) is 0.604. The summed E-state index contributed by atoms with van der Waals surface area (Å²) in [5.74, 6) is -1.41. The summed E-state index contributed by atoms with van der Waals surface area (Å²) in [5, 5.41) is 13.2. The number of halogens is 2. The van der Waals surface area contributed by atoms with Crippen molar-refractivity contribution < 1.29 is 14.3 Å². The van der Waals surface area contributed by atoms with E-state index in [1.165, 1.54) is 6.20 Å². The highest BCUT2D eigenvalue weighted by Crippen LogP contribution is 2.30. The third kappa shape index (κ3) is 4.16. The molecule has 0 aliphatic rings. The van der Waals surface area contributed by atoms with Crippen LogP contribution in [0, 0.1) is 11.2 Å². The SMILES string of the molecule is CC(C)(C)[C@H](CC(=O)O)Nc1nc(-c2c[nH]c3ncc(Cl)cc23)ncc1F. The summed E-state index contributed by atoms with van der Waals surface area (Å²) in [6, 6.07) is 1.20. The molecule has 3 N–H and O–H groups in total. The number of H-pyrrole nitrogens is 1. The van der Waals surface area contributed by atoms with Gasteiger partial charge in [0.15, 0.2) is 17.5 Å². The smallest absolute Gasteiger partial charge is 0.305 e. The summed E-state index contributed by atoms with van der Waals surface area (Å²) in [6.45, 7) is 5.63. The minimum atomic E-state index is -0.977. The maximum atomic E-state index is 14.3. The van der Waals surface area contributed by atoms with Gasteiger partial charge in [0.25, 0.3) is 0 Å². The number of carbonyl (C=O) groups is 1. The number of pyridine rings is 1. The van der Waals surface area contributed by atoms with Gasteiger partial charge in [-0.05, 0) is 11.5 Å². The summed E-state index contributed by atoms with van der Waals surface area (Å²) in [4.78, 5) is 26.7. The van der Waals surface area contributed by atoms with Crippen molar-refractivity contribution in [1.29, 1.82) is 0 Å². The number of nitrogens with one attached hydrogen (secondary N) is 2. The van der Waals surface area contributed by atoms with Crippen LogP contribution >= 0.6 is 11.6 Å². The predicted octanol–water partition coefficient (Wildman–Crippen LogP) is 4.11. The zero-order valence-electron chi connectivity index (χ0n) is 15.0. The Kier molecular flexibility index (Phi) is 5.01. The number of nitrogens with zero attached hydrogens (tertiary/aromatic N) is 3. The highest BCUT2D eigenvalue weighted by atomic mass is 35.5. The van der Waals surface area contributed by atoms with Crippen LogP contribution in [0.1, 0.15) is 27.2 Å². The number of hydrogen-bond acceptors (Lipinski definition) is 5. The van der Waals surface area contributed by atoms with Gasteiger partial charge in [0, 0.05) is 29.4 Å². The average molecular weight is 392 g/mol. The van der Waals surface area contributed by atoms with Crippen molar-refractivity contribution >= 4 is 34.4 Å². The van der Waals surface area contributed by atoms with Gasteiger partial charge < -0.3 is 15.4 Å². The van der Waals surface area contributed by atoms with Crippen LogP contribution in [-0.4, -0.2) is 37.1 Å². The fourth-order valence-corrected chi connectivity index (χ4v) is 2.83. The van der Waals surface area contributed by atoms with E-state index in [2.05, 4.69) is 25.3 Å². The van der Waals surface area contributed by atoms with Crippen molar-refractivity contribution in [2.45, 2.75) is 33.2 Å². The van der Waals surface area contributed by atoms with E-state index >= 15 is 0 Å². The Morgan fingerprint density at radius 3 is 2.78 bits per heavy atom. The molecule has 0 bridgehead atoms. The third-order valence-electron chi connectivity index (χ3n) is 4.22. The maximum Gasteiger partial charge on any atom is 0.305 e. The molecule has 0 spiro atoms. The van der Waals surface area contributed by atoms with Gasteiger partial charge in [-0.25, -0.2) is 19.3 Å². The monoisotopic (exact) mass is 391 g/mol. The number of aliphatic carboxylic acids is 1. The van der Waals surface area contributed by atoms with Gasteiger partial charge in [-0.15, -0.1) is 0 Å². The molecule has 9 heteroatoms. The number of aromatic amines is 1. The van der Waals surface area contributed by atoms with Crippen molar-refractivity contribution in [3.8, 4) is 11.4 Å². The normalized spacial score (nSPS) is 12.9. The lowest BCUT2D eigenvalue weighted by Crippen LogP contribution is -2.36. The van der Waals surface area contributed by atoms with E-state index in [0.717, 1.165) is 6.20 Å². The van der Waals surface area contributed by atoms with Crippen LogP contribution in [0.5, 0.6) is 0 Å². The van der Waals surface area contributed by atoms with Crippen LogP contribution in [0.3, 0.4) is 0 Å². The largest absolute Gasteiger partial charge is 0.481 e. The van der Waals surface area contributed by atoms with E-state index in [1.54, 1.807) is 12.3 Å². The molecule has 0 amide bonds. The van der Waals surface area contributed by atoms with Crippen LogP contribution < -0.4 is 5.32 Å². The molecule has 0 aliphatic carbocycles. The first-order chi connectivity index (χ1) is 12.6. The molecule has 142 valence electrons. The standard InChI is InChI=1S/C18H19ClFN5O2/c1-18(2,3)13(5-14(26)27)24-17-12(20)8-23-16(25-17)11-7-22-15-10(11)4-9(19)6-21-15/h4,6-8,13H,5H2,1-3H3,(H,21,22)(H,26,27)(H,23,24,25)/t13-/m0/s1. The number of hydrogen-bond donors (Lipinski definition) is 3. The number of aromatic nitrogens is 4. The van der Waals surface area contributed by atoms with Crippen LogP contribution in [0.15, 0.2) is 24.7 Å². The lowest BCUT2D eigenvalue weighted by molar-refractivity contribution is -0.137. The molecular formula is C18H19ClFN5O2. The highest BCUT2D eigenvalue weighted by Gasteiger charge is 2.28. The van der Waals surface area contributed by atoms with Crippen LogP contribution in [-0.2, 0) is 4.79 Å². The molecule has 3 aromatic heterocycles.